The summed E-state index contributed by atoms with van der Waals surface area (Å²) in [7, 11) is -10.7. The van der Waals surface area contributed by atoms with Crippen molar-refractivity contribution in [2.75, 3.05) is 0 Å². The average molecular weight is 449 g/mol. The lowest BCUT2D eigenvalue weighted by molar-refractivity contribution is 0.453. The smallest absolute Gasteiger partial charge is 0.0770 e. The lowest BCUT2D eigenvalue weighted by Crippen LogP contribution is -3.08. The third kappa shape index (κ3) is 1.79. The molecule has 0 N–H and O–H groups in total. The van der Waals surface area contributed by atoms with E-state index in [0.717, 1.165) is 0 Å². The highest BCUT2D eigenvalue weighted by Gasteiger charge is 2.92. The first-order valence-electron chi connectivity index (χ1n) is 10.5. The number of hydrogen-bond donors (Lipinski definition) is 0. The fourth-order valence-corrected chi connectivity index (χ4v) is 147. The molecule has 3 rings (SSSR count). The van der Waals surface area contributed by atoms with Crippen LogP contribution in [0.5, 0.6) is 0 Å². The van der Waals surface area contributed by atoms with Crippen LogP contribution in [0, 0.1) is 0 Å². The SMILES string of the molecule is CCCCC12[Si](C)(C)[Si](C)(C)C(F)([Si](C)(C)[Si]1(C)C)[Si](C)(C)[Si]2(C)C. The normalized spacial score (nSPS) is 41.5. The molecule has 0 aromatic heterocycles. The van der Waals surface area contributed by atoms with E-state index in [0.29, 0.717) is 4.28 Å². The summed E-state index contributed by atoms with van der Waals surface area (Å²) in [6.45, 7) is 33.8. The largest absolute Gasteiger partial charge is 0.256 e. The molecule has 0 nitrogen and oxygen atoms in total. The molecule has 0 amide bonds. The van der Waals surface area contributed by atoms with Gasteiger partial charge in [0.15, 0.2) is 0 Å². The fourth-order valence-electron chi connectivity index (χ4n) is 8.96. The zero-order valence-corrected chi connectivity index (χ0v) is 25.5. The summed E-state index contributed by atoms with van der Waals surface area (Å²) < 4.78 is 18.0. The van der Waals surface area contributed by atoms with Gasteiger partial charge in [-0.1, -0.05) is 105 Å². The van der Waals surface area contributed by atoms with E-state index in [4.69, 9.17) is 0 Å². The molecule has 0 aliphatic carbocycles. The van der Waals surface area contributed by atoms with Gasteiger partial charge in [-0.3, -0.25) is 4.39 Å². The number of unbranched alkanes of at least 4 members (excludes halogenated alkanes) is 1. The molecule has 3 heterocycles. The van der Waals surface area contributed by atoms with Crippen LogP contribution >= 0.6 is 0 Å². The zero-order valence-electron chi connectivity index (χ0n) is 19.5. The van der Waals surface area contributed by atoms with Gasteiger partial charge in [0.25, 0.3) is 0 Å². The third-order valence-corrected chi connectivity index (χ3v) is 99.6. The molecule has 0 atom stereocenters. The summed E-state index contributed by atoms with van der Waals surface area (Å²) in [6, 6.07) is 0. The Morgan fingerprint density at radius 3 is 1.08 bits per heavy atom. The topological polar surface area (TPSA) is 0 Å². The lowest BCUT2D eigenvalue weighted by Gasteiger charge is -2.86. The monoisotopic (exact) mass is 448 g/mol. The summed E-state index contributed by atoms with van der Waals surface area (Å²) >= 11 is 0. The number of fused-ring (bicyclic) bond motifs is 3. The van der Waals surface area contributed by atoms with Crippen LogP contribution in [0.4, 0.5) is 4.39 Å². The van der Waals surface area contributed by atoms with Crippen LogP contribution in [0.2, 0.25) is 82.8 Å². The van der Waals surface area contributed by atoms with Gasteiger partial charge in [0, 0.05) is 22.8 Å². The van der Waals surface area contributed by atoms with E-state index < -0.39 is 50.1 Å². The highest BCUT2D eigenvalue weighted by molar-refractivity contribution is 7.77. The molecule has 3 fully saturated rings. The van der Waals surface area contributed by atoms with Crippen molar-refractivity contribution in [2.45, 2.75) is 114 Å². The molecule has 0 aromatic rings. The first-order valence-corrected chi connectivity index (χ1v) is 31.5. The van der Waals surface area contributed by atoms with Gasteiger partial charge in [0.05, 0.1) is 27.3 Å². The molecule has 7 heteroatoms. The Morgan fingerprint density at radius 2 is 0.840 bits per heavy atom. The number of alkyl halides is 1. The van der Waals surface area contributed by atoms with Crippen LogP contribution in [0.1, 0.15) is 26.2 Å². The molecule has 0 aromatic carbocycles. The molecule has 0 spiro atoms. The van der Waals surface area contributed by atoms with Crippen molar-refractivity contribution < 1.29 is 4.39 Å². The fraction of sp³-hybridized carbons (Fsp3) is 1.00. The van der Waals surface area contributed by atoms with Gasteiger partial charge in [0.1, 0.15) is 0 Å². The van der Waals surface area contributed by atoms with Crippen LogP contribution in [-0.4, -0.2) is 50.1 Å². The predicted molar refractivity (Wildman–Crippen MR) is 131 cm³/mol. The van der Waals surface area contributed by atoms with Crippen molar-refractivity contribution in [1.82, 2.24) is 0 Å². The average Bonchev–Trinajstić information content (AvgIpc) is 2.43. The minimum absolute atomic E-state index is 0.651. The maximum absolute atomic E-state index is 17.9. The van der Waals surface area contributed by atoms with Gasteiger partial charge in [-0.15, -0.1) is 0 Å². The highest BCUT2D eigenvalue weighted by Crippen LogP contribution is 2.76. The first kappa shape index (κ1) is 22.5. The number of halogens is 1. The zero-order chi connectivity index (χ0) is 20.1. The predicted octanol–water partition coefficient (Wildman–Crippen LogP) is 6.83. The van der Waals surface area contributed by atoms with Crippen molar-refractivity contribution in [1.29, 1.82) is 0 Å². The Kier molecular flexibility index (Phi) is 4.89. The van der Waals surface area contributed by atoms with Crippen molar-refractivity contribution in [3.8, 4) is 0 Å². The van der Waals surface area contributed by atoms with Crippen LogP contribution in [-0.2, 0) is 0 Å². The van der Waals surface area contributed by atoms with Crippen LogP contribution in [0.3, 0.4) is 0 Å². The summed E-state index contributed by atoms with van der Waals surface area (Å²) in [4.78, 5) is 0. The van der Waals surface area contributed by atoms with E-state index in [9.17, 15) is 0 Å². The van der Waals surface area contributed by atoms with Crippen molar-refractivity contribution >= 4 is 45.5 Å². The molecule has 3 aliphatic heterocycles. The Morgan fingerprint density at radius 1 is 0.560 bits per heavy atom. The van der Waals surface area contributed by atoms with Crippen molar-refractivity contribution in [3.05, 3.63) is 0 Å². The lowest BCUT2D eigenvalue weighted by atomic mass is 10.3. The summed E-state index contributed by atoms with van der Waals surface area (Å²) in [5, 5.41) is 0. The second-order valence-corrected chi connectivity index (χ2v) is 62.0. The minimum atomic E-state index is -1.93. The second-order valence-electron chi connectivity index (χ2n) is 12.4. The molecule has 0 unspecified atom stereocenters. The molecule has 0 saturated carbocycles. The van der Waals surface area contributed by atoms with E-state index in [2.05, 4.69) is 85.5 Å². The number of hydrogen-bond acceptors (Lipinski definition) is 0. The Hall–Kier alpha value is 1.23. The minimum Gasteiger partial charge on any atom is -0.256 e. The van der Waals surface area contributed by atoms with Crippen LogP contribution < -0.4 is 0 Å². The van der Waals surface area contributed by atoms with Gasteiger partial charge < -0.3 is 0 Å². The Balaban J connectivity index is 3.07. The van der Waals surface area contributed by atoms with Crippen LogP contribution in [0.25, 0.3) is 0 Å². The maximum atomic E-state index is 17.9. The van der Waals surface area contributed by atoms with E-state index in [1.165, 1.54) is 19.3 Å². The second kappa shape index (κ2) is 5.43. The molecular weight excluding hydrogens is 404 g/mol. The summed E-state index contributed by atoms with van der Waals surface area (Å²) in [5.41, 5.74) is 0. The standard InChI is InChI=1S/C18H45FSi6/c1-14-15-16-17-20(2,3)23(8,9)18(19,24(10,11)21(17,4)5)25(12,13)22(17,6)7/h14-16H2,1-13H3. The molecule has 148 valence electrons. The molecule has 0 radical (unpaired) electrons. The molecule has 3 aliphatic rings. The summed E-state index contributed by atoms with van der Waals surface area (Å²) in [5.74, 6) is 0. The maximum Gasteiger partial charge on any atom is 0.0770 e. The molecular formula is C18H45FSi6. The van der Waals surface area contributed by atoms with E-state index in [1.54, 1.807) is 0 Å². The molecule has 25 heavy (non-hydrogen) atoms. The molecule has 3 saturated heterocycles. The third-order valence-electron chi connectivity index (χ3n) is 11.4. The summed E-state index contributed by atoms with van der Waals surface area (Å²) in [6.07, 6.45) is 4.18. The van der Waals surface area contributed by atoms with Gasteiger partial charge in [-0.2, -0.15) is 0 Å². The Labute approximate surface area is 163 Å². The van der Waals surface area contributed by atoms with Gasteiger partial charge in [-0.05, 0) is 4.28 Å². The van der Waals surface area contributed by atoms with E-state index in [1.807, 2.05) is 0 Å². The van der Waals surface area contributed by atoms with Gasteiger partial charge in [-0.25, -0.2) is 0 Å². The highest BCUT2D eigenvalue weighted by atomic mass is 29.4. The Bertz CT molecular complexity index is 504. The molecule has 2 bridgehead atoms. The van der Waals surface area contributed by atoms with Crippen molar-refractivity contribution in [2.24, 2.45) is 0 Å². The number of rotatable bonds is 3. The van der Waals surface area contributed by atoms with Crippen molar-refractivity contribution in [3.63, 3.8) is 0 Å². The first-order chi connectivity index (χ1) is 10.8. The van der Waals surface area contributed by atoms with Gasteiger partial charge >= 0.3 is 0 Å². The van der Waals surface area contributed by atoms with E-state index >= 15 is 4.39 Å². The van der Waals surface area contributed by atoms with E-state index in [-0.39, 0.29) is 0 Å². The van der Waals surface area contributed by atoms with Crippen LogP contribution in [0.15, 0.2) is 0 Å². The van der Waals surface area contributed by atoms with Gasteiger partial charge in [0.2, 0.25) is 0 Å². The quantitative estimate of drug-likeness (QED) is 0.415.